The number of carbonyl (C=O) groups is 2. The molecule has 2 atom stereocenters. The molecule has 1 aliphatic carbocycles. The largest absolute Gasteiger partial charge is 0.393 e. The Kier molecular flexibility index (Phi) is 8.06. The minimum atomic E-state index is -0.784. The molecule has 0 spiro atoms. The number of nitrogens with zero attached hydrogens (tertiary/aromatic N) is 2. The van der Waals surface area contributed by atoms with Gasteiger partial charge in [0, 0.05) is 22.7 Å². The fourth-order valence-electron chi connectivity index (χ4n) is 5.13. The van der Waals surface area contributed by atoms with E-state index in [1.165, 1.54) is 29.5 Å². The van der Waals surface area contributed by atoms with Gasteiger partial charge in [-0.05, 0) is 93.2 Å². The third-order valence-electron chi connectivity index (χ3n) is 7.31. The number of aliphatic hydroxyl groups is 1. The first-order valence-corrected chi connectivity index (χ1v) is 13.9. The van der Waals surface area contributed by atoms with Crippen molar-refractivity contribution in [3.63, 3.8) is 0 Å². The fourth-order valence-corrected chi connectivity index (χ4v) is 6.23. The van der Waals surface area contributed by atoms with Gasteiger partial charge in [0.2, 0.25) is 0 Å². The number of anilines is 2. The van der Waals surface area contributed by atoms with Crippen molar-refractivity contribution in [3.05, 3.63) is 86.6 Å². The average molecular weight is 563 g/mol. The second-order valence-electron chi connectivity index (χ2n) is 10.2. The number of primary amides is 1. The molecule has 3 heterocycles. The Morgan fingerprint density at radius 2 is 2.05 bits per heavy atom. The Labute approximate surface area is 235 Å². The molecule has 0 radical (unpaired) electrons. The Morgan fingerprint density at radius 1 is 1.23 bits per heavy atom. The van der Waals surface area contributed by atoms with E-state index in [0.717, 1.165) is 41.5 Å². The summed E-state index contributed by atoms with van der Waals surface area (Å²) in [5.41, 5.74) is 7.62. The molecular formula is C29H31FN6O3S. The summed E-state index contributed by atoms with van der Waals surface area (Å²) in [6.07, 6.45) is 6.65. The summed E-state index contributed by atoms with van der Waals surface area (Å²) >= 11 is 1.34. The molecular weight excluding hydrogens is 531 g/mol. The minimum Gasteiger partial charge on any atom is -0.393 e. The molecule has 1 fully saturated rings. The third-order valence-corrected chi connectivity index (χ3v) is 8.55. The lowest BCUT2D eigenvalue weighted by Crippen LogP contribution is -2.22. The lowest BCUT2D eigenvalue weighted by molar-refractivity contribution is -0.114. The number of amides is 2. The Morgan fingerprint density at radius 3 is 2.75 bits per heavy atom. The number of thiophene rings is 1. The van der Waals surface area contributed by atoms with Crippen molar-refractivity contribution >= 4 is 40.4 Å². The average Bonchev–Trinajstić information content (AvgIpc) is 3.55. The molecule has 2 unspecified atom stereocenters. The van der Waals surface area contributed by atoms with E-state index in [-0.39, 0.29) is 22.7 Å². The molecule has 208 valence electrons. The number of allylic oxidation sites excluding steroid dienone is 1. The van der Waals surface area contributed by atoms with Gasteiger partial charge in [-0.25, -0.2) is 9.37 Å². The van der Waals surface area contributed by atoms with Gasteiger partial charge in [-0.15, -0.1) is 11.3 Å². The molecule has 0 bridgehead atoms. The number of likely N-dealkylation sites (tertiary alicyclic amines) is 1. The summed E-state index contributed by atoms with van der Waals surface area (Å²) in [5, 5.41) is 23.9. The molecule has 5 rings (SSSR count). The molecule has 1 saturated heterocycles. The summed E-state index contributed by atoms with van der Waals surface area (Å²) < 4.78 is 14.6. The Hall–Kier alpha value is -3.93. The van der Waals surface area contributed by atoms with Gasteiger partial charge in [0.1, 0.15) is 17.3 Å². The van der Waals surface area contributed by atoms with E-state index in [1.54, 1.807) is 18.3 Å². The van der Waals surface area contributed by atoms with Crippen LogP contribution < -0.4 is 16.4 Å². The van der Waals surface area contributed by atoms with Gasteiger partial charge in [-0.1, -0.05) is 6.07 Å². The van der Waals surface area contributed by atoms with E-state index in [4.69, 9.17) is 11.1 Å². The van der Waals surface area contributed by atoms with E-state index in [9.17, 15) is 19.1 Å². The maximum atomic E-state index is 14.6. The molecule has 11 heteroatoms. The van der Waals surface area contributed by atoms with Gasteiger partial charge < -0.3 is 26.9 Å². The van der Waals surface area contributed by atoms with Crippen LogP contribution in [0.5, 0.6) is 0 Å². The maximum absolute atomic E-state index is 14.6. The van der Waals surface area contributed by atoms with Crippen molar-refractivity contribution in [3.8, 4) is 0 Å². The number of rotatable bonds is 8. The zero-order valence-electron chi connectivity index (χ0n) is 22.0. The number of pyridine rings is 1. The molecule has 9 nitrogen and oxygen atoms in total. The van der Waals surface area contributed by atoms with Gasteiger partial charge in [-0.2, -0.15) is 0 Å². The lowest BCUT2D eigenvalue weighted by atomic mass is 9.96. The van der Waals surface area contributed by atoms with Crippen LogP contribution in [0.1, 0.15) is 56.5 Å². The first-order chi connectivity index (χ1) is 19.2. The number of aromatic nitrogens is 1. The highest BCUT2D eigenvalue weighted by atomic mass is 32.1. The SMILES string of the molecule is CN1CCCC1c1ccc(N/C(=C/C(=N)c2ccc(F)c(NC(=O)c3cc4c(s3)CCC(O)C4)c2)C(N)=O)nc1. The zero-order chi connectivity index (χ0) is 28.4. The van der Waals surface area contributed by atoms with Crippen molar-refractivity contribution in [1.82, 2.24) is 9.88 Å². The van der Waals surface area contributed by atoms with E-state index >= 15 is 0 Å². The van der Waals surface area contributed by atoms with Crippen molar-refractivity contribution < 1.29 is 19.1 Å². The highest BCUT2D eigenvalue weighted by Gasteiger charge is 2.24. The van der Waals surface area contributed by atoms with Crippen molar-refractivity contribution in [2.24, 2.45) is 5.73 Å². The van der Waals surface area contributed by atoms with E-state index in [1.807, 2.05) is 6.07 Å². The molecule has 0 saturated carbocycles. The summed E-state index contributed by atoms with van der Waals surface area (Å²) in [5.74, 6) is -1.50. The Bertz CT molecular complexity index is 1490. The number of aliphatic hydroxyl groups excluding tert-OH is 1. The number of hydrogen-bond donors (Lipinski definition) is 5. The highest BCUT2D eigenvalue weighted by Crippen LogP contribution is 2.31. The van der Waals surface area contributed by atoms with Crippen LogP contribution in [-0.4, -0.2) is 52.2 Å². The van der Waals surface area contributed by atoms with Crippen LogP contribution in [0.3, 0.4) is 0 Å². The topological polar surface area (TPSA) is 144 Å². The van der Waals surface area contributed by atoms with Crippen molar-refractivity contribution in [2.45, 2.75) is 44.2 Å². The lowest BCUT2D eigenvalue weighted by Gasteiger charge is -2.19. The molecule has 1 aliphatic heterocycles. The molecule has 2 aromatic heterocycles. The van der Waals surface area contributed by atoms with Gasteiger partial charge in [0.25, 0.3) is 11.8 Å². The Balaban J connectivity index is 1.30. The predicted octanol–water partition coefficient (Wildman–Crippen LogP) is 4.00. The van der Waals surface area contributed by atoms with Gasteiger partial charge >= 0.3 is 0 Å². The minimum absolute atomic E-state index is 0.0514. The zero-order valence-corrected chi connectivity index (χ0v) is 22.9. The number of benzene rings is 1. The fraction of sp³-hybridized carbons (Fsp3) is 0.310. The molecule has 2 aliphatic rings. The molecule has 40 heavy (non-hydrogen) atoms. The number of hydrogen-bond acceptors (Lipinski definition) is 8. The van der Waals surface area contributed by atoms with E-state index in [0.29, 0.717) is 36.0 Å². The van der Waals surface area contributed by atoms with Crippen LogP contribution in [0.25, 0.3) is 0 Å². The van der Waals surface area contributed by atoms with Gasteiger partial charge in [0.05, 0.1) is 22.4 Å². The van der Waals surface area contributed by atoms with Crippen LogP contribution in [0.15, 0.2) is 54.4 Å². The number of aryl methyl sites for hydroxylation is 1. The summed E-state index contributed by atoms with van der Waals surface area (Å²) in [6, 6.07) is 9.64. The summed E-state index contributed by atoms with van der Waals surface area (Å²) in [4.78, 5) is 33.2. The van der Waals surface area contributed by atoms with Crippen LogP contribution >= 0.6 is 11.3 Å². The van der Waals surface area contributed by atoms with Crippen molar-refractivity contribution in [2.75, 3.05) is 24.2 Å². The first kappa shape index (κ1) is 27.6. The second-order valence-corrected chi connectivity index (χ2v) is 11.3. The highest BCUT2D eigenvalue weighted by molar-refractivity contribution is 7.14. The number of nitrogens with one attached hydrogen (secondary N) is 3. The molecule has 1 aromatic carbocycles. The number of carbonyl (C=O) groups excluding carboxylic acids is 2. The summed E-state index contributed by atoms with van der Waals surface area (Å²) in [6.45, 7) is 1.04. The number of fused-ring (bicyclic) bond motifs is 1. The number of halogens is 1. The third kappa shape index (κ3) is 6.11. The van der Waals surface area contributed by atoms with E-state index < -0.39 is 23.7 Å². The van der Waals surface area contributed by atoms with Crippen LogP contribution in [0.2, 0.25) is 0 Å². The van der Waals surface area contributed by atoms with Gasteiger partial charge in [0.15, 0.2) is 0 Å². The van der Waals surface area contributed by atoms with Gasteiger partial charge in [-0.3, -0.25) is 14.5 Å². The smallest absolute Gasteiger partial charge is 0.265 e. The quantitative estimate of drug-likeness (QED) is 0.207. The predicted molar refractivity (Wildman–Crippen MR) is 153 cm³/mol. The summed E-state index contributed by atoms with van der Waals surface area (Å²) in [7, 11) is 2.08. The van der Waals surface area contributed by atoms with Crippen LogP contribution in [-0.2, 0) is 17.6 Å². The monoisotopic (exact) mass is 562 g/mol. The first-order valence-electron chi connectivity index (χ1n) is 13.1. The molecule has 3 aromatic rings. The maximum Gasteiger partial charge on any atom is 0.265 e. The second kappa shape index (κ2) is 11.7. The molecule has 2 amide bonds. The van der Waals surface area contributed by atoms with Crippen LogP contribution in [0.4, 0.5) is 15.9 Å². The standard InChI is InChI=1S/C29H31FN6O3S/c1-36-10-2-3-24(36)17-5-9-27(33-15-17)34-23(28(32)38)14-21(31)16-4-7-20(30)22(12-16)35-29(39)26-13-18-11-19(37)6-8-25(18)40-26/h4-5,7,9,12-15,19,24,31,37H,2-3,6,8,10-11H2,1H3,(H2,32,38)(H,33,34)(H,35,39)/b23-14+,31-21?. The van der Waals surface area contributed by atoms with E-state index in [2.05, 4.69) is 27.6 Å². The van der Waals surface area contributed by atoms with Crippen LogP contribution in [0, 0.1) is 11.2 Å². The normalized spacial score (nSPS) is 19.2. The molecule has 6 N–H and O–H groups in total. The van der Waals surface area contributed by atoms with Crippen molar-refractivity contribution in [1.29, 1.82) is 5.41 Å². The number of nitrogens with two attached hydrogens (primary N) is 1.